The van der Waals surface area contributed by atoms with Gasteiger partial charge in [-0.15, -0.1) is 0 Å². The summed E-state index contributed by atoms with van der Waals surface area (Å²) >= 11 is 12.6. The van der Waals surface area contributed by atoms with Crippen LogP contribution in [0.4, 0.5) is 11.4 Å². The van der Waals surface area contributed by atoms with Crippen LogP contribution in [0.2, 0.25) is 10.0 Å². The van der Waals surface area contributed by atoms with Crippen LogP contribution in [0.25, 0.3) is 0 Å². The fraction of sp³-hybridized carbons (Fsp3) is 0.559. The maximum absolute atomic E-state index is 12.5. The standard InChI is InChI=1S/C34H49Cl2NO2/c1-25(2)12-8-13-26(3)14-9-15-27(4)16-10-17-28(5)22-23-39-33(38)24-29-18-6-7-21-32(29)37-34-30(35)19-11-20-31(34)36/h6-7,11,18-22,25-27,37H,8-10,12-17,23-24H2,1-5H3/b28-22+/t26-,27-/m1/s1. The van der Waals surface area contributed by atoms with Gasteiger partial charge in [0.25, 0.3) is 0 Å². The van der Waals surface area contributed by atoms with E-state index < -0.39 is 0 Å². The Morgan fingerprint density at radius 1 is 0.846 bits per heavy atom. The van der Waals surface area contributed by atoms with Crippen molar-refractivity contribution in [1.29, 1.82) is 0 Å². The molecule has 0 fully saturated rings. The molecule has 0 unspecified atom stereocenters. The minimum absolute atomic E-state index is 0.173. The van der Waals surface area contributed by atoms with Gasteiger partial charge in [0, 0.05) is 5.69 Å². The van der Waals surface area contributed by atoms with E-state index in [0.717, 1.165) is 35.4 Å². The molecular weight excluding hydrogens is 525 g/mol. The molecule has 0 saturated carbocycles. The second-order valence-corrected chi connectivity index (χ2v) is 12.5. The van der Waals surface area contributed by atoms with Crippen molar-refractivity contribution in [3.8, 4) is 0 Å². The lowest BCUT2D eigenvalue weighted by molar-refractivity contribution is -0.141. The normalized spacial score (nSPS) is 13.4. The molecule has 0 aliphatic carbocycles. The van der Waals surface area contributed by atoms with E-state index in [2.05, 4.69) is 39.9 Å². The van der Waals surface area contributed by atoms with Gasteiger partial charge in [-0.1, -0.05) is 126 Å². The number of nitrogens with one attached hydrogen (secondary N) is 1. The number of para-hydroxylation sites is 2. The molecule has 0 bridgehead atoms. The summed E-state index contributed by atoms with van der Waals surface area (Å²) < 4.78 is 5.52. The molecule has 0 aromatic heterocycles. The van der Waals surface area contributed by atoms with Gasteiger partial charge in [-0.05, 0) is 67.4 Å². The summed E-state index contributed by atoms with van der Waals surface area (Å²) in [5.41, 5.74) is 3.52. The molecular formula is C34H49Cl2NO2. The SMILES string of the molecule is C/C(=C\COC(=O)Cc1ccccc1Nc1c(Cl)cccc1Cl)CCC[C@H](C)CCC[C@H](C)CCCC(C)C. The number of hydrogen-bond donors (Lipinski definition) is 1. The summed E-state index contributed by atoms with van der Waals surface area (Å²) in [6.07, 6.45) is 13.9. The predicted octanol–water partition coefficient (Wildman–Crippen LogP) is 11.2. The predicted molar refractivity (Wildman–Crippen MR) is 169 cm³/mol. The van der Waals surface area contributed by atoms with E-state index in [1.54, 1.807) is 18.2 Å². The van der Waals surface area contributed by atoms with Crippen molar-refractivity contribution in [3.05, 3.63) is 69.7 Å². The highest BCUT2D eigenvalue weighted by atomic mass is 35.5. The zero-order valence-corrected chi connectivity index (χ0v) is 26.2. The van der Waals surface area contributed by atoms with E-state index in [1.165, 1.54) is 56.9 Å². The number of allylic oxidation sites excluding steroid dienone is 1. The van der Waals surface area contributed by atoms with Gasteiger partial charge in [0.1, 0.15) is 6.61 Å². The van der Waals surface area contributed by atoms with Gasteiger partial charge in [0.15, 0.2) is 0 Å². The van der Waals surface area contributed by atoms with Crippen LogP contribution in [0.15, 0.2) is 54.1 Å². The number of anilines is 2. The first kappa shape index (κ1) is 33.2. The topological polar surface area (TPSA) is 38.3 Å². The second kappa shape index (κ2) is 18.4. The van der Waals surface area contributed by atoms with Crippen LogP contribution in [0.1, 0.15) is 98.0 Å². The van der Waals surface area contributed by atoms with Gasteiger partial charge in [0.05, 0.1) is 22.2 Å². The molecule has 0 amide bonds. The largest absolute Gasteiger partial charge is 0.461 e. The molecule has 0 spiro atoms. The molecule has 2 rings (SSSR count). The Kier molecular flexibility index (Phi) is 15.7. The van der Waals surface area contributed by atoms with Gasteiger partial charge in [-0.25, -0.2) is 0 Å². The summed E-state index contributed by atoms with van der Waals surface area (Å²) in [7, 11) is 0. The molecule has 0 radical (unpaired) electrons. The lowest BCUT2D eigenvalue weighted by Crippen LogP contribution is -2.10. The molecule has 0 aliphatic heterocycles. The molecule has 0 saturated heterocycles. The fourth-order valence-electron chi connectivity index (χ4n) is 4.84. The quantitative estimate of drug-likeness (QED) is 0.142. The molecule has 2 aromatic rings. The first-order valence-electron chi connectivity index (χ1n) is 14.8. The Bertz CT molecular complexity index is 1010. The average molecular weight is 575 g/mol. The van der Waals surface area contributed by atoms with Crippen molar-refractivity contribution >= 4 is 40.5 Å². The van der Waals surface area contributed by atoms with E-state index in [9.17, 15) is 4.79 Å². The third-order valence-corrected chi connectivity index (χ3v) is 8.02. The zero-order chi connectivity index (χ0) is 28.6. The minimum Gasteiger partial charge on any atom is -0.461 e. The third-order valence-electron chi connectivity index (χ3n) is 7.39. The van der Waals surface area contributed by atoms with E-state index in [4.69, 9.17) is 27.9 Å². The van der Waals surface area contributed by atoms with Gasteiger partial charge in [-0.2, -0.15) is 0 Å². The van der Waals surface area contributed by atoms with Crippen molar-refractivity contribution in [3.63, 3.8) is 0 Å². The van der Waals surface area contributed by atoms with Crippen LogP contribution < -0.4 is 5.32 Å². The smallest absolute Gasteiger partial charge is 0.310 e. The number of carbonyl (C=O) groups is 1. The molecule has 0 heterocycles. The van der Waals surface area contributed by atoms with E-state index >= 15 is 0 Å². The first-order valence-corrected chi connectivity index (χ1v) is 15.5. The lowest BCUT2D eigenvalue weighted by atomic mass is 9.91. The van der Waals surface area contributed by atoms with E-state index in [-0.39, 0.29) is 12.4 Å². The van der Waals surface area contributed by atoms with E-state index in [1.807, 2.05) is 30.3 Å². The zero-order valence-electron chi connectivity index (χ0n) is 24.7. The molecule has 3 nitrogen and oxygen atoms in total. The van der Waals surface area contributed by atoms with Gasteiger partial charge < -0.3 is 10.1 Å². The number of benzene rings is 2. The molecule has 1 N–H and O–H groups in total. The molecule has 0 aliphatic rings. The molecule has 39 heavy (non-hydrogen) atoms. The van der Waals surface area contributed by atoms with E-state index in [0.29, 0.717) is 22.3 Å². The monoisotopic (exact) mass is 573 g/mol. The highest BCUT2D eigenvalue weighted by Crippen LogP contribution is 2.33. The summed E-state index contributed by atoms with van der Waals surface area (Å²) in [4.78, 5) is 12.5. The summed E-state index contributed by atoms with van der Waals surface area (Å²) in [5.74, 6) is 2.20. The molecule has 2 aromatic carbocycles. The Balaban J connectivity index is 1.67. The van der Waals surface area contributed by atoms with Crippen molar-refractivity contribution in [2.45, 2.75) is 98.8 Å². The van der Waals surface area contributed by atoms with Crippen LogP contribution in [-0.4, -0.2) is 12.6 Å². The number of hydrogen-bond acceptors (Lipinski definition) is 3. The van der Waals surface area contributed by atoms with Crippen LogP contribution in [0.3, 0.4) is 0 Å². The Hall–Kier alpha value is -1.97. The van der Waals surface area contributed by atoms with Gasteiger partial charge >= 0.3 is 5.97 Å². The highest BCUT2D eigenvalue weighted by molar-refractivity contribution is 6.39. The number of carbonyl (C=O) groups excluding carboxylic acids is 1. The van der Waals surface area contributed by atoms with Gasteiger partial charge in [-0.3, -0.25) is 4.79 Å². The Morgan fingerprint density at radius 2 is 1.44 bits per heavy atom. The third kappa shape index (κ3) is 13.8. The summed E-state index contributed by atoms with van der Waals surface area (Å²) in [5, 5.41) is 4.32. The second-order valence-electron chi connectivity index (χ2n) is 11.6. The van der Waals surface area contributed by atoms with Crippen LogP contribution in [0.5, 0.6) is 0 Å². The highest BCUT2D eigenvalue weighted by Gasteiger charge is 2.12. The Labute approximate surface area is 247 Å². The van der Waals surface area contributed by atoms with Crippen LogP contribution in [0, 0.1) is 17.8 Å². The summed E-state index contributed by atoms with van der Waals surface area (Å²) in [6, 6.07) is 13.0. The van der Waals surface area contributed by atoms with Crippen molar-refractivity contribution in [2.24, 2.45) is 17.8 Å². The number of ether oxygens (including phenoxy) is 1. The number of esters is 1. The van der Waals surface area contributed by atoms with Crippen LogP contribution >= 0.6 is 23.2 Å². The van der Waals surface area contributed by atoms with Crippen LogP contribution in [-0.2, 0) is 16.0 Å². The van der Waals surface area contributed by atoms with Gasteiger partial charge in [0.2, 0.25) is 0 Å². The molecule has 216 valence electrons. The summed E-state index contributed by atoms with van der Waals surface area (Å²) in [6.45, 7) is 11.9. The lowest BCUT2D eigenvalue weighted by Gasteiger charge is -2.15. The maximum atomic E-state index is 12.5. The first-order chi connectivity index (χ1) is 18.7. The molecule has 5 heteroatoms. The Morgan fingerprint density at radius 3 is 2.08 bits per heavy atom. The average Bonchev–Trinajstić information content (AvgIpc) is 2.87. The minimum atomic E-state index is -0.259. The number of halogens is 2. The molecule has 2 atom stereocenters. The maximum Gasteiger partial charge on any atom is 0.310 e. The fourth-order valence-corrected chi connectivity index (χ4v) is 5.33. The van der Waals surface area contributed by atoms with Crippen molar-refractivity contribution in [2.75, 3.05) is 11.9 Å². The van der Waals surface area contributed by atoms with Crippen molar-refractivity contribution < 1.29 is 9.53 Å². The number of rotatable bonds is 18. The van der Waals surface area contributed by atoms with Crippen molar-refractivity contribution in [1.82, 2.24) is 0 Å².